The number of aryl methyl sites for hydroxylation is 1. The van der Waals surface area contributed by atoms with E-state index in [2.05, 4.69) is 20.5 Å². The van der Waals surface area contributed by atoms with Crippen LogP contribution in [0, 0.1) is 0 Å². The van der Waals surface area contributed by atoms with Crippen molar-refractivity contribution in [1.29, 1.82) is 0 Å². The fourth-order valence-corrected chi connectivity index (χ4v) is 2.43. The highest BCUT2D eigenvalue weighted by molar-refractivity contribution is 9.10. The summed E-state index contributed by atoms with van der Waals surface area (Å²) in [5.74, 6) is -0.204. The van der Waals surface area contributed by atoms with Crippen molar-refractivity contribution in [2.45, 2.75) is 24.2 Å². The lowest BCUT2D eigenvalue weighted by Gasteiger charge is -2.15. The zero-order valence-corrected chi connectivity index (χ0v) is 11.5. The number of hydrogen-bond acceptors (Lipinski definition) is 3. The summed E-state index contributed by atoms with van der Waals surface area (Å²) in [6.07, 6.45) is 5.01. The smallest absolute Gasteiger partial charge is 0.416 e. The summed E-state index contributed by atoms with van der Waals surface area (Å²) < 4.78 is 6.81. The Morgan fingerprint density at radius 2 is 2.17 bits per heavy atom. The van der Waals surface area contributed by atoms with Crippen molar-refractivity contribution < 1.29 is 14.3 Å². The number of alkyl halides is 1. The van der Waals surface area contributed by atoms with E-state index in [0.717, 1.165) is 17.9 Å². The topological polar surface area (TPSA) is 51.5 Å². The van der Waals surface area contributed by atoms with Gasteiger partial charge in [-0.3, -0.25) is 4.79 Å². The third-order valence-corrected chi connectivity index (χ3v) is 3.68. The van der Waals surface area contributed by atoms with Gasteiger partial charge in [0.2, 0.25) is 5.91 Å². The van der Waals surface area contributed by atoms with E-state index in [1.165, 1.54) is 0 Å². The molecule has 0 bridgehead atoms. The highest BCUT2D eigenvalue weighted by Gasteiger charge is 2.31. The van der Waals surface area contributed by atoms with Crippen LogP contribution in [-0.4, -0.2) is 39.4 Å². The molecule has 0 saturated carbocycles. The van der Waals surface area contributed by atoms with Crippen LogP contribution in [0.3, 0.4) is 0 Å². The minimum Gasteiger partial charge on any atom is -0.447 e. The van der Waals surface area contributed by atoms with Crippen LogP contribution in [0.4, 0.5) is 4.79 Å². The minimum atomic E-state index is -0.533. The molecule has 6 heteroatoms. The Labute approximate surface area is 114 Å². The summed E-state index contributed by atoms with van der Waals surface area (Å²) in [5, 5.41) is 0. The highest BCUT2D eigenvalue weighted by atomic mass is 79.9. The molecule has 1 aromatic rings. The van der Waals surface area contributed by atoms with Gasteiger partial charge in [0, 0.05) is 18.9 Å². The average molecular weight is 315 g/mol. The highest BCUT2D eigenvalue weighted by Crippen LogP contribution is 2.15. The normalized spacial score (nSPS) is 16.7. The molecule has 2 heterocycles. The van der Waals surface area contributed by atoms with E-state index >= 15 is 0 Å². The predicted octanol–water partition coefficient (Wildman–Crippen LogP) is 2.01. The number of carbonyl (C=O) groups is 2. The molecule has 98 valence electrons. The average Bonchev–Trinajstić information content (AvgIpc) is 2.99. The molecule has 2 amide bonds. The van der Waals surface area contributed by atoms with E-state index in [1.54, 1.807) is 0 Å². The molecule has 0 aliphatic carbocycles. The maximum atomic E-state index is 11.9. The summed E-state index contributed by atoms with van der Waals surface area (Å²) in [4.78, 5) is 24.0. The first kappa shape index (κ1) is 13.1. The van der Waals surface area contributed by atoms with Gasteiger partial charge in [0.1, 0.15) is 6.61 Å². The molecule has 1 aliphatic rings. The quantitative estimate of drug-likeness (QED) is 0.781. The van der Waals surface area contributed by atoms with Crippen molar-refractivity contribution in [2.24, 2.45) is 0 Å². The van der Waals surface area contributed by atoms with Gasteiger partial charge >= 0.3 is 6.09 Å². The monoisotopic (exact) mass is 314 g/mol. The van der Waals surface area contributed by atoms with Gasteiger partial charge in [-0.1, -0.05) is 15.9 Å². The van der Waals surface area contributed by atoms with E-state index in [0.29, 0.717) is 19.6 Å². The van der Waals surface area contributed by atoms with Crippen LogP contribution in [0.2, 0.25) is 0 Å². The van der Waals surface area contributed by atoms with Crippen molar-refractivity contribution in [2.75, 3.05) is 13.2 Å². The number of cyclic esters (lactones) is 1. The van der Waals surface area contributed by atoms with Crippen LogP contribution in [0.25, 0.3) is 0 Å². The lowest BCUT2D eigenvalue weighted by molar-refractivity contribution is -0.127. The molecular weight excluding hydrogens is 300 g/mol. The van der Waals surface area contributed by atoms with Crippen LogP contribution < -0.4 is 0 Å². The van der Waals surface area contributed by atoms with E-state index in [4.69, 9.17) is 4.74 Å². The second-order valence-corrected chi connectivity index (χ2v) is 5.24. The molecule has 0 N–H and O–H groups in total. The largest absolute Gasteiger partial charge is 0.447 e. The second-order valence-electron chi connectivity index (χ2n) is 4.13. The van der Waals surface area contributed by atoms with E-state index in [1.807, 2.05) is 24.5 Å². The fourth-order valence-electron chi connectivity index (χ4n) is 1.86. The fraction of sp³-hybridized carbons (Fsp3) is 0.500. The van der Waals surface area contributed by atoms with Gasteiger partial charge in [0.15, 0.2) is 0 Å². The standard InChI is InChI=1S/C12H15BrN2O3/c13-10(4-3-7-14-5-1-2-6-14)11(16)15-8-9-18-12(15)17/h1-2,5-6,10H,3-4,7-9H2. The Hall–Kier alpha value is -1.30. The van der Waals surface area contributed by atoms with Gasteiger partial charge in [0.25, 0.3) is 0 Å². The summed E-state index contributed by atoms with van der Waals surface area (Å²) in [7, 11) is 0. The zero-order valence-electron chi connectivity index (χ0n) is 9.92. The van der Waals surface area contributed by atoms with Crippen molar-refractivity contribution in [1.82, 2.24) is 9.47 Å². The van der Waals surface area contributed by atoms with Gasteiger partial charge in [-0.15, -0.1) is 0 Å². The Morgan fingerprint density at radius 3 is 2.78 bits per heavy atom. The summed E-state index contributed by atoms with van der Waals surface area (Å²) >= 11 is 3.34. The Bertz CT molecular complexity index is 419. The van der Waals surface area contributed by atoms with E-state index in [-0.39, 0.29) is 10.7 Å². The first-order valence-corrected chi connectivity index (χ1v) is 6.83. The maximum absolute atomic E-state index is 11.9. The third kappa shape index (κ3) is 3.13. The molecule has 1 fully saturated rings. The van der Waals surface area contributed by atoms with Gasteiger partial charge in [-0.25, -0.2) is 9.69 Å². The maximum Gasteiger partial charge on any atom is 0.416 e. The van der Waals surface area contributed by atoms with Gasteiger partial charge in [0.05, 0.1) is 11.4 Å². The van der Waals surface area contributed by atoms with Gasteiger partial charge < -0.3 is 9.30 Å². The molecule has 2 rings (SSSR count). The summed E-state index contributed by atoms with van der Waals surface area (Å²) in [6.45, 7) is 1.53. The second kappa shape index (κ2) is 6.04. The number of hydrogen-bond donors (Lipinski definition) is 0. The Morgan fingerprint density at radius 1 is 1.44 bits per heavy atom. The Kier molecular flexibility index (Phi) is 4.41. The number of halogens is 1. The van der Waals surface area contributed by atoms with E-state index in [9.17, 15) is 9.59 Å². The van der Waals surface area contributed by atoms with Crippen molar-refractivity contribution in [3.63, 3.8) is 0 Å². The summed E-state index contributed by atoms with van der Waals surface area (Å²) in [5.41, 5.74) is 0. The lowest BCUT2D eigenvalue weighted by atomic mass is 10.2. The number of carbonyl (C=O) groups excluding carboxylic acids is 2. The van der Waals surface area contributed by atoms with Crippen molar-refractivity contribution in [3.05, 3.63) is 24.5 Å². The first-order chi connectivity index (χ1) is 8.68. The number of imide groups is 1. The molecule has 1 aliphatic heterocycles. The number of ether oxygens (including phenoxy) is 1. The lowest BCUT2D eigenvalue weighted by Crippen LogP contribution is -2.37. The molecule has 0 spiro atoms. The molecule has 1 aromatic heterocycles. The van der Waals surface area contributed by atoms with Gasteiger partial charge in [-0.05, 0) is 25.0 Å². The molecule has 0 aromatic carbocycles. The van der Waals surface area contributed by atoms with Crippen molar-refractivity contribution in [3.8, 4) is 0 Å². The molecule has 18 heavy (non-hydrogen) atoms. The molecule has 0 radical (unpaired) electrons. The Balaban J connectivity index is 1.75. The minimum absolute atomic E-state index is 0.204. The predicted molar refractivity (Wildman–Crippen MR) is 69.4 cm³/mol. The molecular formula is C12H15BrN2O3. The summed E-state index contributed by atoms with van der Waals surface area (Å²) in [6, 6.07) is 3.94. The molecule has 1 unspecified atom stereocenters. The number of rotatable bonds is 5. The number of amides is 2. The SMILES string of the molecule is O=C1OCCN1C(=O)C(Br)CCCn1cccc1. The molecule has 1 saturated heterocycles. The molecule has 5 nitrogen and oxygen atoms in total. The molecule has 1 atom stereocenters. The van der Waals surface area contributed by atoms with Crippen LogP contribution in [0.5, 0.6) is 0 Å². The number of nitrogens with zero attached hydrogens (tertiary/aromatic N) is 2. The van der Waals surface area contributed by atoms with Gasteiger partial charge in [-0.2, -0.15) is 0 Å². The first-order valence-electron chi connectivity index (χ1n) is 5.91. The van der Waals surface area contributed by atoms with Crippen LogP contribution >= 0.6 is 15.9 Å². The van der Waals surface area contributed by atoms with Crippen LogP contribution in [0.15, 0.2) is 24.5 Å². The van der Waals surface area contributed by atoms with Crippen molar-refractivity contribution >= 4 is 27.9 Å². The van der Waals surface area contributed by atoms with E-state index < -0.39 is 6.09 Å². The third-order valence-electron chi connectivity index (χ3n) is 2.83. The van der Waals surface area contributed by atoms with Crippen LogP contribution in [-0.2, 0) is 16.1 Å². The zero-order chi connectivity index (χ0) is 13.0. The number of aromatic nitrogens is 1. The van der Waals surface area contributed by atoms with Crippen LogP contribution in [0.1, 0.15) is 12.8 Å².